The summed E-state index contributed by atoms with van der Waals surface area (Å²) in [7, 11) is 0. The zero-order valence-electron chi connectivity index (χ0n) is 12.6. The van der Waals surface area contributed by atoms with Gasteiger partial charge in [-0.25, -0.2) is 0 Å². The van der Waals surface area contributed by atoms with Crippen LogP contribution in [0.1, 0.15) is 19.4 Å². The minimum Gasteiger partial charge on any atom is -0.424 e. The molecule has 0 bridgehead atoms. The highest BCUT2D eigenvalue weighted by Gasteiger charge is 2.15. The second kappa shape index (κ2) is 5.18. The molecule has 1 aromatic heterocycles. The van der Waals surface area contributed by atoms with Crippen LogP contribution in [-0.2, 0) is 9.59 Å². The van der Waals surface area contributed by atoms with Gasteiger partial charge in [-0.3, -0.25) is 9.59 Å². The number of esters is 1. The molecule has 1 heterocycles. The van der Waals surface area contributed by atoms with Crippen LogP contribution in [0.25, 0.3) is 21.8 Å². The smallest absolute Gasteiger partial charge is 0.308 e. The minimum absolute atomic E-state index is 0.226. The summed E-state index contributed by atoms with van der Waals surface area (Å²) in [5, 5.41) is 4.77. The van der Waals surface area contributed by atoms with E-state index in [0.29, 0.717) is 11.4 Å². The Morgan fingerprint density at radius 2 is 1.82 bits per heavy atom. The topological polar surface area (TPSA) is 71.2 Å². The number of benzene rings is 2. The first-order valence-corrected chi connectivity index (χ1v) is 6.97. The number of fused-ring (bicyclic) bond motifs is 3. The Morgan fingerprint density at radius 1 is 1.09 bits per heavy atom. The quantitative estimate of drug-likeness (QED) is 0.561. The van der Waals surface area contributed by atoms with Gasteiger partial charge in [0, 0.05) is 30.1 Å². The fraction of sp³-hybridized carbons (Fsp3) is 0.176. The van der Waals surface area contributed by atoms with Gasteiger partial charge in [-0.15, -0.1) is 0 Å². The van der Waals surface area contributed by atoms with Crippen LogP contribution in [0, 0.1) is 6.92 Å². The standard InChI is InChI=1S/C17H16N2O3/c1-9-4-5-12-13-6-7-15(22-11(3)21)17(18-10(2)20)16(13)19-14(12)8-9/h4-8,19H,1-3H3,(H,18,20). The highest BCUT2D eigenvalue weighted by Crippen LogP contribution is 2.37. The molecule has 0 saturated carbocycles. The van der Waals surface area contributed by atoms with Gasteiger partial charge in [0.1, 0.15) is 5.69 Å². The average Bonchev–Trinajstić information content (AvgIpc) is 2.78. The minimum atomic E-state index is -0.432. The predicted octanol–water partition coefficient (Wildman–Crippen LogP) is 3.51. The molecule has 2 aromatic carbocycles. The van der Waals surface area contributed by atoms with Gasteiger partial charge >= 0.3 is 5.97 Å². The van der Waals surface area contributed by atoms with Crippen LogP contribution in [0.2, 0.25) is 0 Å². The Balaban J connectivity index is 2.32. The summed E-state index contributed by atoms with van der Waals surface area (Å²) in [6, 6.07) is 9.69. The van der Waals surface area contributed by atoms with Crippen LogP contribution in [0.4, 0.5) is 5.69 Å². The molecule has 2 N–H and O–H groups in total. The number of carbonyl (C=O) groups excluding carboxylic acids is 2. The summed E-state index contributed by atoms with van der Waals surface area (Å²) in [6.07, 6.45) is 0. The second-order valence-electron chi connectivity index (χ2n) is 5.31. The van der Waals surface area contributed by atoms with Crippen LogP contribution in [0.3, 0.4) is 0 Å². The van der Waals surface area contributed by atoms with Gasteiger partial charge < -0.3 is 15.0 Å². The fourth-order valence-electron chi connectivity index (χ4n) is 2.61. The number of aryl methyl sites for hydroxylation is 1. The van der Waals surface area contributed by atoms with Crippen molar-refractivity contribution in [2.45, 2.75) is 20.8 Å². The lowest BCUT2D eigenvalue weighted by molar-refractivity contribution is -0.131. The number of amides is 1. The molecule has 112 valence electrons. The molecule has 0 aliphatic rings. The molecule has 5 heteroatoms. The van der Waals surface area contributed by atoms with Crippen molar-refractivity contribution in [1.82, 2.24) is 4.98 Å². The van der Waals surface area contributed by atoms with E-state index < -0.39 is 5.97 Å². The summed E-state index contributed by atoms with van der Waals surface area (Å²) in [6.45, 7) is 4.77. The molecule has 0 aliphatic heterocycles. The van der Waals surface area contributed by atoms with Crippen LogP contribution in [-0.4, -0.2) is 16.9 Å². The molecule has 0 saturated heterocycles. The summed E-state index contributed by atoms with van der Waals surface area (Å²) < 4.78 is 5.20. The summed E-state index contributed by atoms with van der Waals surface area (Å²) in [5.41, 5.74) is 3.34. The molecule has 1 amide bonds. The third-order valence-corrected chi connectivity index (χ3v) is 3.45. The zero-order chi connectivity index (χ0) is 15.9. The number of carbonyl (C=O) groups is 2. The Labute approximate surface area is 127 Å². The van der Waals surface area contributed by atoms with E-state index in [4.69, 9.17) is 4.74 Å². The number of anilines is 1. The van der Waals surface area contributed by atoms with E-state index in [1.54, 1.807) is 6.07 Å². The van der Waals surface area contributed by atoms with Crippen molar-refractivity contribution < 1.29 is 14.3 Å². The van der Waals surface area contributed by atoms with E-state index in [1.165, 1.54) is 13.8 Å². The van der Waals surface area contributed by atoms with Crippen molar-refractivity contribution in [3.8, 4) is 5.75 Å². The van der Waals surface area contributed by atoms with Crippen molar-refractivity contribution in [2.24, 2.45) is 0 Å². The molecule has 0 aliphatic carbocycles. The number of hydrogen-bond acceptors (Lipinski definition) is 3. The van der Waals surface area contributed by atoms with Gasteiger partial charge in [0.15, 0.2) is 5.75 Å². The first-order chi connectivity index (χ1) is 10.5. The van der Waals surface area contributed by atoms with Crippen molar-refractivity contribution in [3.05, 3.63) is 35.9 Å². The average molecular weight is 296 g/mol. The Hall–Kier alpha value is -2.82. The Morgan fingerprint density at radius 3 is 2.50 bits per heavy atom. The molecule has 3 rings (SSSR count). The number of aromatic nitrogens is 1. The fourth-order valence-corrected chi connectivity index (χ4v) is 2.61. The summed E-state index contributed by atoms with van der Waals surface area (Å²) in [5.74, 6) is -0.327. The van der Waals surface area contributed by atoms with Gasteiger partial charge in [-0.1, -0.05) is 12.1 Å². The molecule has 3 aromatic rings. The first kappa shape index (κ1) is 14.1. The van der Waals surface area contributed by atoms with Gasteiger partial charge in [0.25, 0.3) is 0 Å². The molecular formula is C17H16N2O3. The summed E-state index contributed by atoms with van der Waals surface area (Å²) >= 11 is 0. The van der Waals surface area contributed by atoms with E-state index in [0.717, 1.165) is 27.4 Å². The zero-order valence-corrected chi connectivity index (χ0v) is 12.6. The first-order valence-electron chi connectivity index (χ1n) is 6.97. The molecule has 0 radical (unpaired) electrons. The largest absolute Gasteiger partial charge is 0.424 e. The number of ether oxygens (including phenoxy) is 1. The van der Waals surface area contributed by atoms with Crippen molar-refractivity contribution >= 4 is 39.4 Å². The third kappa shape index (κ3) is 2.41. The van der Waals surface area contributed by atoms with Gasteiger partial charge in [-0.2, -0.15) is 0 Å². The van der Waals surface area contributed by atoms with E-state index in [-0.39, 0.29) is 5.91 Å². The number of hydrogen-bond donors (Lipinski definition) is 2. The third-order valence-electron chi connectivity index (χ3n) is 3.45. The Bertz CT molecular complexity index is 909. The number of aromatic amines is 1. The lowest BCUT2D eigenvalue weighted by Crippen LogP contribution is -2.10. The highest BCUT2D eigenvalue weighted by molar-refractivity contribution is 6.14. The molecule has 0 spiro atoms. The predicted molar refractivity (Wildman–Crippen MR) is 86.2 cm³/mol. The van der Waals surface area contributed by atoms with Gasteiger partial charge in [-0.05, 0) is 30.7 Å². The maximum absolute atomic E-state index is 11.5. The van der Waals surface area contributed by atoms with Crippen LogP contribution in [0.15, 0.2) is 30.3 Å². The lowest BCUT2D eigenvalue weighted by atomic mass is 10.1. The number of nitrogens with one attached hydrogen (secondary N) is 2. The van der Waals surface area contributed by atoms with Crippen molar-refractivity contribution in [3.63, 3.8) is 0 Å². The maximum atomic E-state index is 11.5. The molecule has 0 atom stereocenters. The van der Waals surface area contributed by atoms with Gasteiger partial charge in [0.2, 0.25) is 5.91 Å². The monoisotopic (exact) mass is 296 g/mol. The number of rotatable bonds is 2. The molecule has 22 heavy (non-hydrogen) atoms. The Kier molecular flexibility index (Phi) is 3.33. The van der Waals surface area contributed by atoms with Crippen LogP contribution < -0.4 is 10.1 Å². The molecule has 0 fully saturated rings. The molecule has 0 unspecified atom stereocenters. The van der Waals surface area contributed by atoms with Crippen LogP contribution in [0.5, 0.6) is 5.75 Å². The van der Waals surface area contributed by atoms with Crippen LogP contribution >= 0.6 is 0 Å². The normalized spacial score (nSPS) is 10.9. The molecule has 5 nitrogen and oxygen atoms in total. The summed E-state index contributed by atoms with van der Waals surface area (Å²) in [4.78, 5) is 26.1. The number of H-pyrrole nitrogens is 1. The van der Waals surface area contributed by atoms with E-state index >= 15 is 0 Å². The van der Waals surface area contributed by atoms with E-state index in [2.05, 4.69) is 10.3 Å². The van der Waals surface area contributed by atoms with Crippen molar-refractivity contribution in [2.75, 3.05) is 5.32 Å². The highest BCUT2D eigenvalue weighted by atomic mass is 16.5. The van der Waals surface area contributed by atoms with Crippen molar-refractivity contribution in [1.29, 1.82) is 0 Å². The second-order valence-corrected chi connectivity index (χ2v) is 5.31. The maximum Gasteiger partial charge on any atom is 0.308 e. The van der Waals surface area contributed by atoms with Gasteiger partial charge in [0.05, 0.1) is 5.52 Å². The molecular weight excluding hydrogens is 280 g/mol. The lowest BCUT2D eigenvalue weighted by Gasteiger charge is -2.10. The van der Waals surface area contributed by atoms with E-state index in [1.807, 2.05) is 31.2 Å². The SMILES string of the molecule is CC(=O)Nc1c(OC(C)=O)ccc2c1[nH]c1cc(C)ccc12. The van der Waals surface area contributed by atoms with E-state index in [9.17, 15) is 9.59 Å².